The van der Waals surface area contributed by atoms with Crippen LogP contribution in [0.25, 0.3) is 0 Å². The molecule has 2 aliphatic heterocycles. The number of carbonyl (C=O) groups is 3. The quantitative estimate of drug-likeness (QED) is 0.655. The van der Waals surface area contributed by atoms with Crippen LogP contribution in [0.4, 0.5) is 0 Å². The Morgan fingerprint density at radius 3 is 2.53 bits per heavy atom. The molecule has 3 amide bonds. The Morgan fingerprint density at radius 1 is 0.969 bits per heavy atom. The van der Waals surface area contributed by atoms with Gasteiger partial charge in [0.15, 0.2) is 0 Å². The number of rotatable bonds is 5. The van der Waals surface area contributed by atoms with Crippen LogP contribution in [0.15, 0.2) is 24.3 Å². The van der Waals surface area contributed by atoms with Gasteiger partial charge in [0.2, 0.25) is 17.7 Å². The van der Waals surface area contributed by atoms with E-state index in [0.29, 0.717) is 12.8 Å². The van der Waals surface area contributed by atoms with Crippen molar-refractivity contribution < 1.29 is 14.4 Å². The van der Waals surface area contributed by atoms with Crippen molar-refractivity contribution in [2.45, 2.75) is 94.9 Å². The third-order valence-corrected chi connectivity index (χ3v) is 7.47. The second kappa shape index (κ2) is 10.0. The molecule has 0 radical (unpaired) electrons. The predicted octanol–water partition coefficient (Wildman–Crippen LogP) is 2.21. The molecule has 1 aliphatic carbocycles. The highest BCUT2D eigenvalue weighted by molar-refractivity contribution is 5.93. The van der Waals surface area contributed by atoms with Crippen molar-refractivity contribution in [3.8, 4) is 0 Å². The molecule has 1 aromatic rings. The van der Waals surface area contributed by atoms with Gasteiger partial charge in [-0.2, -0.15) is 0 Å². The summed E-state index contributed by atoms with van der Waals surface area (Å²) in [6, 6.07) is 7.01. The molecule has 3 N–H and O–H groups in total. The molecular weight excluding hydrogens is 404 g/mol. The van der Waals surface area contributed by atoms with E-state index < -0.39 is 12.1 Å². The van der Waals surface area contributed by atoms with E-state index in [4.69, 9.17) is 0 Å². The topological polar surface area (TPSA) is 90.5 Å². The Hall–Kier alpha value is -2.41. The molecule has 4 unspecified atom stereocenters. The van der Waals surface area contributed by atoms with Crippen molar-refractivity contribution in [2.24, 2.45) is 0 Å². The van der Waals surface area contributed by atoms with Gasteiger partial charge in [-0.25, -0.2) is 0 Å². The van der Waals surface area contributed by atoms with E-state index in [0.717, 1.165) is 44.9 Å². The number of carbonyl (C=O) groups excluding carboxylic acids is 3. The fourth-order valence-electron chi connectivity index (χ4n) is 5.52. The molecule has 174 valence electrons. The summed E-state index contributed by atoms with van der Waals surface area (Å²) in [6.07, 6.45) is 8.01. The maximum Gasteiger partial charge on any atom is 0.246 e. The normalized spacial score (nSPS) is 28.7. The zero-order valence-corrected chi connectivity index (χ0v) is 19.2. The zero-order valence-electron chi connectivity index (χ0n) is 19.2. The summed E-state index contributed by atoms with van der Waals surface area (Å²) < 4.78 is 0. The fourth-order valence-corrected chi connectivity index (χ4v) is 5.52. The molecule has 2 saturated heterocycles. The number of fused-ring (bicyclic) bond motifs is 2. The molecule has 0 spiro atoms. The predicted molar refractivity (Wildman–Crippen MR) is 123 cm³/mol. The molecule has 4 rings (SSSR count). The van der Waals surface area contributed by atoms with Gasteiger partial charge in [0.1, 0.15) is 12.1 Å². The maximum atomic E-state index is 13.5. The van der Waals surface area contributed by atoms with Crippen molar-refractivity contribution in [3.05, 3.63) is 35.4 Å². The number of aryl methyl sites for hydroxylation is 1. The fraction of sp³-hybridized carbons (Fsp3) is 0.640. The van der Waals surface area contributed by atoms with Crippen LogP contribution in [0.3, 0.4) is 0 Å². The summed E-state index contributed by atoms with van der Waals surface area (Å²) >= 11 is 0. The third kappa shape index (κ3) is 4.68. The van der Waals surface area contributed by atoms with Gasteiger partial charge in [0.25, 0.3) is 0 Å². The molecular formula is C25H36N4O3. The lowest BCUT2D eigenvalue weighted by Crippen LogP contribution is -2.58. The molecule has 2 heterocycles. The van der Waals surface area contributed by atoms with Crippen LogP contribution in [0.2, 0.25) is 0 Å². The highest BCUT2D eigenvalue weighted by Gasteiger charge is 2.44. The molecule has 0 bridgehead atoms. The summed E-state index contributed by atoms with van der Waals surface area (Å²) in [5.74, 6) is -0.341. The second-order valence-corrected chi connectivity index (χ2v) is 9.50. The van der Waals surface area contributed by atoms with E-state index in [9.17, 15) is 14.4 Å². The van der Waals surface area contributed by atoms with Crippen molar-refractivity contribution >= 4 is 17.7 Å². The highest BCUT2D eigenvalue weighted by Crippen LogP contribution is 2.33. The lowest BCUT2D eigenvalue weighted by Gasteiger charge is -2.36. The van der Waals surface area contributed by atoms with Crippen LogP contribution in [0.1, 0.15) is 75.5 Å². The van der Waals surface area contributed by atoms with Gasteiger partial charge in [-0.05, 0) is 70.0 Å². The van der Waals surface area contributed by atoms with Crippen LogP contribution in [0.5, 0.6) is 0 Å². The maximum absolute atomic E-state index is 13.5. The molecule has 7 heteroatoms. The van der Waals surface area contributed by atoms with Gasteiger partial charge in [-0.3, -0.25) is 14.4 Å². The number of hydrogen-bond acceptors (Lipinski definition) is 4. The number of amides is 3. The van der Waals surface area contributed by atoms with Gasteiger partial charge in [0, 0.05) is 6.04 Å². The highest BCUT2D eigenvalue weighted by atomic mass is 16.2. The van der Waals surface area contributed by atoms with Gasteiger partial charge in [-0.15, -0.1) is 0 Å². The van der Waals surface area contributed by atoms with Crippen molar-refractivity contribution in [2.75, 3.05) is 7.05 Å². The Labute approximate surface area is 190 Å². The van der Waals surface area contributed by atoms with E-state index in [1.165, 1.54) is 11.1 Å². The minimum absolute atomic E-state index is 0.00309. The number of nitrogens with one attached hydrogen (secondary N) is 3. The smallest absolute Gasteiger partial charge is 0.246 e. The van der Waals surface area contributed by atoms with Crippen LogP contribution >= 0.6 is 0 Å². The monoisotopic (exact) mass is 440 g/mol. The van der Waals surface area contributed by atoms with Crippen LogP contribution in [0, 0.1) is 0 Å². The van der Waals surface area contributed by atoms with Gasteiger partial charge in [-0.1, -0.05) is 37.1 Å². The lowest BCUT2D eigenvalue weighted by molar-refractivity contribution is -0.144. The third-order valence-electron chi connectivity index (χ3n) is 7.47. The van der Waals surface area contributed by atoms with Crippen LogP contribution < -0.4 is 16.0 Å². The Bertz CT molecular complexity index is 857. The standard InChI is InChI=1S/C25H36N4O3/c1-16(26-2)23(30)28-21-12-6-4-10-18-14-15-22(29(18)25(21)32)24(31)27-20-13-7-9-17-8-3-5-11-19(17)20/h3,5,8,11,16,18,20-22,26H,4,6-7,9-10,12-15H2,1-2H3,(H,27,31)(H,28,30)/t16-,18?,20?,21?,22?/m0/s1. The number of hydrogen-bond donors (Lipinski definition) is 3. The van der Waals surface area contributed by atoms with Crippen LogP contribution in [-0.4, -0.2) is 53.8 Å². The Balaban J connectivity index is 1.49. The van der Waals surface area contributed by atoms with E-state index >= 15 is 0 Å². The summed E-state index contributed by atoms with van der Waals surface area (Å²) in [5.41, 5.74) is 2.50. The average Bonchev–Trinajstić information content (AvgIpc) is 3.22. The average molecular weight is 441 g/mol. The SMILES string of the molecule is CN[C@@H](C)C(=O)NC1CCCCC2CCC(C(=O)NC3CCCc4ccccc43)N2C1=O. The molecule has 2 fully saturated rings. The summed E-state index contributed by atoms with van der Waals surface area (Å²) in [7, 11) is 1.73. The molecule has 3 aliphatic rings. The minimum atomic E-state index is -0.565. The molecule has 5 atom stereocenters. The number of benzene rings is 1. The first-order valence-electron chi connectivity index (χ1n) is 12.2. The van der Waals surface area contributed by atoms with Crippen LogP contribution in [-0.2, 0) is 20.8 Å². The summed E-state index contributed by atoms with van der Waals surface area (Å²) in [5, 5.41) is 9.11. The number of likely N-dealkylation sites (N-methyl/N-ethyl adjacent to an activating group) is 1. The second-order valence-electron chi connectivity index (χ2n) is 9.50. The first-order valence-corrected chi connectivity index (χ1v) is 12.2. The first kappa shape index (κ1) is 22.8. The number of nitrogens with zero attached hydrogens (tertiary/aromatic N) is 1. The lowest BCUT2D eigenvalue weighted by atomic mass is 9.87. The van der Waals surface area contributed by atoms with E-state index in [2.05, 4.69) is 28.1 Å². The van der Waals surface area contributed by atoms with Crippen molar-refractivity contribution in [1.82, 2.24) is 20.9 Å². The Morgan fingerprint density at radius 2 is 1.72 bits per heavy atom. The largest absolute Gasteiger partial charge is 0.347 e. The molecule has 1 aromatic carbocycles. The zero-order chi connectivity index (χ0) is 22.7. The minimum Gasteiger partial charge on any atom is -0.347 e. The van der Waals surface area contributed by atoms with Gasteiger partial charge >= 0.3 is 0 Å². The summed E-state index contributed by atoms with van der Waals surface area (Å²) in [6.45, 7) is 1.78. The van der Waals surface area contributed by atoms with Crippen molar-refractivity contribution in [3.63, 3.8) is 0 Å². The van der Waals surface area contributed by atoms with E-state index in [1.54, 1.807) is 18.9 Å². The summed E-state index contributed by atoms with van der Waals surface area (Å²) in [4.78, 5) is 41.2. The molecule has 0 saturated carbocycles. The molecule has 0 aromatic heterocycles. The van der Waals surface area contributed by atoms with Gasteiger partial charge in [0.05, 0.1) is 12.1 Å². The van der Waals surface area contributed by atoms with E-state index in [-0.39, 0.29) is 35.8 Å². The van der Waals surface area contributed by atoms with Crippen molar-refractivity contribution in [1.29, 1.82) is 0 Å². The van der Waals surface area contributed by atoms with E-state index in [1.807, 2.05) is 12.1 Å². The molecule has 32 heavy (non-hydrogen) atoms. The molecule has 7 nitrogen and oxygen atoms in total. The van der Waals surface area contributed by atoms with Gasteiger partial charge < -0.3 is 20.9 Å². The first-order chi connectivity index (χ1) is 15.5. The Kier molecular flexibility index (Phi) is 7.13.